The van der Waals surface area contributed by atoms with Gasteiger partial charge in [-0.1, -0.05) is 27.9 Å². The van der Waals surface area contributed by atoms with Gasteiger partial charge in [0.2, 0.25) is 0 Å². The molecule has 0 saturated heterocycles. The topological polar surface area (TPSA) is 70.8 Å². The molecule has 0 aliphatic heterocycles. The summed E-state index contributed by atoms with van der Waals surface area (Å²) in [5, 5.41) is 0. The molecule has 2 aromatic heterocycles. The van der Waals surface area contributed by atoms with E-state index in [9.17, 15) is 0 Å². The van der Waals surface area contributed by atoms with Crippen molar-refractivity contribution in [2.24, 2.45) is 5.73 Å². The van der Waals surface area contributed by atoms with Gasteiger partial charge in [0.1, 0.15) is 37.2 Å². The largest absolute Gasteiger partial charge is 0.341 e. The Kier molecular flexibility index (Phi) is 6.68. The number of benzene rings is 1. The second kappa shape index (κ2) is 9.29. The lowest BCUT2D eigenvalue weighted by atomic mass is 9.70. The number of unbranched alkanes of at least 4 members (excludes halogenated alkanes) is 1. The Morgan fingerprint density at radius 1 is 1.06 bits per heavy atom. The SMILES string of the molecule is Bc1cc(B)c2[nH]c(CN(CCCCN)[C@H]3CCCc4c3nc(B)c(B)c4B)nc2c1. The zero-order valence-corrected chi connectivity index (χ0v) is 19.8. The Morgan fingerprint density at radius 2 is 1.87 bits per heavy atom. The predicted molar refractivity (Wildman–Crippen MR) is 146 cm³/mol. The summed E-state index contributed by atoms with van der Waals surface area (Å²) in [7, 11) is 10.9. The third-order valence-corrected chi connectivity index (χ3v) is 7.05. The number of hydrogen-bond donors (Lipinski definition) is 2. The molecule has 1 aliphatic rings. The maximum atomic E-state index is 5.81. The number of hydrogen-bond acceptors (Lipinski definition) is 4. The molecule has 0 unspecified atom stereocenters. The van der Waals surface area contributed by atoms with E-state index < -0.39 is 0 Å². The second-order valence-corrected chi connectivity index (χ2v) is 9.34. The first-order chi connectivity index (χ1) is 14.9. The quantitative estimate of drug-likeness (QED) is 0.303. The van der Waals surface area contributed by atoms with E-state index in [1.807, 2.05) is 0 Å². The summed E-state index contributed by atoms with van der Waals surface area (Å²) in [6, 6.07) is 4.74. The van der Waals surface area contributed by atoms with Gasteiger partial charge in [0, 0.05) is 0 Å². The van der Waals surface area contributed by atoms with Crippen LogP contribution in [0.2, 0.25) is 0 Å². The molecular weight excluding hydrogens is 376 g/mol. The predicted octanol–water partition coefficient (Wildman–Crippen LogP) is -5.13. The van der Waals surface area contributed by atoms with Gasteiger partial charge in [-0.15, -0.1) is 0 Å². The van der Waals surface area contributed by atoms with E-state index in [4.69, 9.17) is 15.7 Å². The van der Waals surface area contributed by atoms with Crippen LogP contribution in [-0.2, 0) is 13.0 Å². The number of aromatic nitrogens is 3. The fourth-order valence-corrected chi connectivity index (χ4v) is 5.16. The molecule has 0 radical (unpaired) electrons. The highest BCUT2D eigenvalue weighted by Crippen LogP contribution is 2.32. The van der Waals surface area contributed by atoms with Crippen LogP contribution in [0.4, 0.5) is 0 Å². The first kappa shape index (κ1) is 22.3. The highest BCUT2D eigenvalue weighted by molar-refractivity contribution is 6.56. The first-order valence-corrected chi connectivity index (χ1v) is 11.8. The van der Waals surface area contributed by atoms with E-state index in [2.05, 4.69) is 61.2 Å². The minimum Gasteiger partial charge on any atom is -0.341 e. The number of nitrogens with one attached hydrogen (secondary N) is 1. The van der Waals surface area contributed by atoms with Crippen LogP contribution in [0.15, 0.2) is 12.1 Å². The summed E-state index contributed by atoms with van der Waals surface area (Å²) in [6.45, 7) is 2.58. The van der Waals surface area contributed by atoms with E-state index >= 15 is 0 Å². The van der Waals surface area contributed by atoms with Crippen molar-refractivity contribution in [1.29, 1.82) is 0 Å². The minimum absolute atomic E-state index is 0.343. The van der Waals surface area contributed by atoms with Crippen molar-refractivity contribution >= 4 is 77.7 Å². The van der Waals surface area contributed by atoms with Crippen LogP contribution in [0.1, 0.15) is 48.8 Å². The third-order valence-electron chi connectivity index (χ3n) is 7.05. The maximum Gasteiger partial charge on any atom is 0.163 e. The molecule has 1 atom stereocenters. The average molecular weight is 409 g/mol. The molecule has 1 aromatic carbocycles. The van der Waals surface area contributed by atoms with Crippen LogP contribution in [0.25, 0.3) is 11.0 Å². The van der Waals surface area contributed by atoms with Gasteiger partial charge in [-0.3, -0.25) is 9.88 Å². The van der Waals surface area contributed by atoms with E-state index in [-0.39, 0.29) is 0 Å². The molecule has 3 N–H and O–H groups in total. The summed E-state index contributed by atoms with van der Waals surface area (Å²) >= 11 is 0. The third kappa shape index (κ3) is 4.51. The molecule has 31 heavy (non-hydrogen) atoms. The van der Waals surface area contributed by atoms with E-state index in [0.717, 1.165) is 62.2 Å². The number of aromatic amines is 1. The molecular formula is C21H32B5N5. The number of nitrogens with two attached hydrogens (primary N) is 1. The van der Waals surface area contributed by atoms with Gasteiger partial charge in [0.15, 0.2) is 7.85 Å². The van der Waals surface area contributed by atoms with Gasteiger partial charge in [-0.25, -0.2) is 4.98 Å². The number of H-pyrrole nitrogens is 1. The lowest BCUT2D eigenvalue weighted by Gasteiger charge is -2.36. The van der Waals surface area contributed by atoms with Crippen molar-refractivity contribution in [3.63, 3.8) is 0 Å². The van der Waals surface area contributed by atoms with E-state index in [1.54, 1.807) is 0 Å². The van der Waals surface area contributed by atoms with Crippen LogP contribution in [0, 0.1) is 0 Å². The Balaban J connectivity index is 1.69. The van der Waals surface area contributed by atoms with Crippen molar-refractivity contribution in [3.05, 3.63) is 29.2 Å². The molecule has 0 bridgehead atoms. The first-order valence-electron chi connectivity index (χ1n) is 11.8. The molecule has 5 nitrogen and oxygen atoms in total. The Labute approximate surface area is 190 Å². The number of fused-ring (bicyclic) bond motifs is 2. The van der Waals surface area contributed by atoms with Crippen molar-refractivity contribution in [2.75, 3.05) is 13.1 Å². The monoisotopic (exact) mass is 409 g/mol. The zero-order chi connectivity index (χ0) is 22.1. The summed E-state index contributed by atoms with van der Waals surface area (Å²) in [5.41, 5.74) is 17.3. The van der Waals surface area contributed by atoms with Gasteiger partial charge in [0.05, 0.1) is 29.3 Å². The van der Waals surface area contributed by atoms with Gasteiger partial charge in [0.25, 0.3) is 0 Å². The van der Waals surface area contributed by atoms with Gasteiger partial charge < -0.3 is 10.7 Å². The highest BCUT2D eigenvalue weighted by Gasteiger charge is 2.29. The normalized spacial score (nSPS) is 16.1. The van der Waals surface area contributed by atoms with Crippen LogP contribution in [-0.4, -0.2) is 72.2 Å². The van der Waals surface area contributed by atoms with Gasteiger partial charge in [-0.05, 0) is 62.4 Å². The maximum absolute atomic E-state index is 5.81. The molecule has 0 saturated carbocycles. The molecule has 156 valence electrons. The number of pyridine rings is 1. The van der Waals surface area contributed by atoms with Crippen molar-refractivity contribution in [3.8, 4) is 0 Å². The number of imidazole rings is 1. The van der Waals surface area contributed by atoms with Crippen LogP contribution < -0.4 is 33.2 Å². The molecule has 1 aliphatic carbocycles. The van der Waals surface area contributed by atoms with Crippen LogP contribution >= 0.6 is 0 Å². The molecule has 10 heteroatoms. The molecule has 0 amide bonds. The second-order valence-electron chi connectivity index (χ2n) is 9.34. The Morgan fingerprint density at radius 3 is 2.65 bits per heavy atom. The Hall–Kier alpha value is -1.92. The molecule has 3 aromatic rings. The van der Waals surface area contributed by atoms with Crippen molar-refractivity contribution < 1.29 is 0 Å². The Bertz CT molecular complexity index is 1100. The lowest BCUT2D eigenvalue weighted by Crippen LogP contribution is -2.47. The standard InChI is InChI=1S/C21H32B5N5/c22-11-8-13(23)20-14(9-11)28-16(29-20)10-31(7-2-1-6-27)15-5-3-4-12-17(24)18(25)21(26)30-19(12)15/h8-9,15H,1-7,10,22-27H2,(H,28,29)/t15-/m0/s1. The molecule has 4 rings (SSSR count). The highest BCUT2D eigenvalue weighted by atomic mass is 15.2. The molecule has 2 heterocycles. The number of nitrogens with zero attached hydrogens (tertiary/aromatic N) is 3. The smallest absolute Gasteiger partial charge is 0.163 e. The average Bonchev–Trinajstić information content (AvgIpc) is 3.14. The lowest BCUT2D eigenvalue weighted by molar-refractivity contribution is 0.160. The van der Waals surface area contributed by atoms with Crippen LogP contribution in [0.5, 0.6) is 0 Å². The summed E-state index contributed by atoms with van der Waals surface area (Å²) in [5.74, 6) is 1.05. The summed E-state index contributed by atoms with van der Waals surface area (Å²) < 4.78 is 0. The summed E-state index contributed by atoms with van der Waals surface area (Å²) in [4.78, 5) is 16.3. The van der Waals surface area contributed by atoms with E-state index in [0.29, 0.717) is 6.04 Å². The minimum atomic E-state index is 0.343. The van der Waals surface area contributed by atoms with Gasteiger partial charge in [-0.2, -0.15) is 0 Å². The summed E-state index contributed by atoms with van der Waals surface area (Å²) in [6.07, 6.45) is 5.67. The van der Waals surface area contributed by atoms with Crippen molar-refractivity contribution in [1.82, 2.24) is 19.9 Å². The zero-order valence-electron chi connectivity index (χ0n) is 19.8. The fraction of sp³-hybridized carbons (Fsp3) is 0.429. The molecule has 0 fully saturated rings. The van der Waals surface area contributed by atoms with E-state index in [1.165, 1.54) is 45.1 Å². The molecule has 0 spiro atoms. The fourth-order valence-electron chi connectivity index (χ4n) is 5.16. The van der Waals surface area contributed by atoms with Crippen LogP contribution in [0.3, 0.4) is 0 Å². The van der Waals surface area contributed by atoms with Gasteiger partial charge >= 0.3 is 0 Å². The van der Waals surface area contributed by atoms with Crippen molar-refractivity contribution in [2.45, 2.75) is 44.7 Å². The number of rotatable bonds is 7.